The lowest BCUT2D eigenvalue weighted by Crippen LogP contribution is -2.46. The zero-order valence-electron chi connectivity index (χ0n) is 17.2. The van der Waals surface area contributed by atoms with E-state index in [0.717, 1.165) is 22.3 Å². The van der Waals surface area contributed by atoms with Crippen molar-refractivity contribution >= 4 is 18.0 Å². The Hall–Kier alpha value is -3.61. The Morgan fingerprint density at radius 1 is 1.06 bits per heavy atom. The second-order valence-electron chi connectivity index (χ2n) is 7.44. The molecule has 0 bridgehead atoms. The minimum Gasteiger partial charge on any atom is -0.480 e. The summed E-state index contributed by atoms with van der Waals surface area (Å²) in [5.74, 6) is -2.63. The molecule has 7 nitrogen and oxygen atoms in total. The topological polar surface area (TPSA) is 102 Å². The van der Waals surface area contributed by atoms with Gasteiger partial charge in [0.05, 0.1) is 6.42 Å². The van der Waals surface area contributed by atoms with E-state index in [1.54, 1.807) is 6.92 Å². The molecule has 1 amide bonds. The fraction of sp³-hybridized carbons (Fsp3) is 0.292. The fourth-order valence-electron chi connectivity index (χ4n) is 3.81. The van der Waals surface area contributed by atoms with Gasteiger partial charge >= 0.3 is 18.0 Å². The number of ether oxygens (including phenoxy) is 2. The normalized spacial score (nSPS) is 14.0. The lowest BCUT2D eigenvalue weighted by Gasteiger charge is -2.21. The number of carbonyl (C=O) groups excluding carboxylic acids is 2. The summed E-state index contributed by atoms with van der Waals surface area (Å²) < 4.78 is 10.3. The third kappa shape index (κ3) is 5.12. The van der Waals surface area contributed by atoms with E-state index < -0.39 is 30.0 Å². The SMILES string of the molecule is C=CCOC(=O)C[C@@H](C)C(NC(=O)OCC1c2ccccc2-c2ccccc21)C(=O)O. The van der Waals surface area contributed by atoms with E-state index in [4.69, 9.17) is 9.47 Å². The third-order valence-corrected chi connectivity index (χ3v) is 5.30. The molecule has 0 heterocycles. The van der Waals surface area contributed by atoms with Gasteiger partial charge in [-0.2, -0.15) is 0 Å². The maximum Gasteiger partial charge on any atom is 0.407 e. The number of rotatable bonds is 9. The second kappa shape index (κ2) is 9.93. The molecule has 2 atom stereocenters. The maximum absolute atomic E-state index is 12.4. The van der Waals surface area contributed by atoms with E-state index in [-0.39, 0.29) is 25.6 Å². The highest BCUT2D eigenvalue weighted by atomic mass is 16.5. The van der Waals surface area contributed by atoms with Crippen molar-refractivity contribution in [2.45, 2.75) is 25.3 Å². The predicted octanol–water partition coefficient (Wildman–Crippen LogP) is 3.73. The van der Waals surface area contributed by atoms with Gasteiger partial charge in [0.1, 0.15) is 19.3 Å². The number of amides is 1. The third-order valence-electron chi connectivity index (χ3n) is 5.30. The number of carbonyl (C=O) groups is 3. The lowest BCUT2D eigenvalue weighted by atomic mass is 9.98. The molecule has 3 rings (SSSR count). The molecular formula is C24H25NO6. The molecule has 1 aliphatic carbocycles. The number of hydrogen-bond acceptors (Lipinski definition) is 5. The van der Waals surface area contributed by atoms with Crippen LogP contribution in [0.5, 0.6) is 0 Å². The van der Waals surface area contributed by atoms with Gasteiger partial charge in [0.15, 0.2) is 0 Å². The molecule has 1 aliphatic rings. The predicted molar refractivity (Wildman–Crippen MR) is 115 cm³/mol. The standard InChI is InChI=1S/C24H25NO6/c1-3-12-30-21(26)13-15(2)22(23(27)28)25-24(29)31-14-20-18-10-6-4-8-16(18)17-9-5-7-11-19(17)20/h3-11,15,20,22H,1,12-14H2,2H3,(H,25,29)(H,27,28)/t15-,22?/m1/s1. The van der Waals surface area contributed by atoms with Crippen LogP contribution in [-0.2, 0) is 19.1 Å². The van der Waals surface area contributed by atoms with Crippen molar-refractivity contribution in [2.75, 3.05) is 13.2 Å². The summed E-state index contributed by atoms with van der Waals surface area (Å²) in [5, 5.41) is 11.8. The van der Waals surface area contributed by atoms with Gasteiger partial charge in [0.2, 0.25) is 0 Å². The van der Waals surface area contributed by atoms with Crippen molar-refractivity contribution in [1.82, 2.24) is 5.32 Å². The molecule has 0 saturated heterocycles. The molecule has 7 heteroatoms. The van der Waals surface area contributed by atoms with Crippen molar-refractivity contribution in [3.63, 3.8) is 0 Å². The van der Waals surface area contributed by atoms with Gasteiger partial charge in [-0.25, -0.2) is 9.59 Å². The first-order valence-electron chi connectivity index (χ1n) is 10.0. The van der Waals surface area contributed by atoms with Gasteiger partial charge < -0.3 is 19.9 Å². The lowest BCUT2D eigenvalue weighted by molar-refractivity contribution is -0.145. The first-order valence-corrected chi connectivity index (χ1v) is 10.0. The summed E-state index contributed by atoms with van der Waals surface area (Å²) in [7, 11) is 0. The van der Waals surface area contributed by atoms with Crippen molar-refractivity contribution in [2.24, 2.45) is 5.92 Å². The highest BCUT2D eigenvalue weighted by Crippen LogP contribution is 2.44. The summed E-state index contributed by atoms with van der Waals surface area (Å²) >= 11 is 0. The Bertz CT molecular complexity index is 940. The first kappa shape index (κ1) is 22.1. The maximum atomic E-state index is 12.4. The fourth-order valence-corrected chi connectivity index (χ4v) is 3.81. The number of alkyl carbamates (subject to hydrolysis) is 1. The quantitative estimate of drug-likeness (QED) is 0.471. The van der Waals surface area contributed by atoms with E-state index in [9.17, 15) is 19.5 Å². The van der Waals surface area contributed by atoms with Gasteiger partial charge in [-0.15, -0.1) is 0 Å². The number of aliphatic carboxylic acids is 1. The number of carboxylic acid groups (broad SMARTS) is 1. The van der Waals surface area contributed by atoms with Crippen LogP contribution in [0.1, 0.15) is 30.4 Å². The smallest absolute Gasteiger partial charge is 0.407 e. The summed E-state index contributed by atoms with van der Waals surface area (Å²) in [6.07, 6.45) is 0.418. The Kier molecular flexibility index (Phi) is 7.07. The van der Waals surface area contributed by atoms with E-state index in [1.165, 1.54) is 6.08 Å². The minimum absolute atomic E-state index is 0.0447. The van der Waals surface area contributed by atoms with Crippen LogP contribution in [0.4, 0.5) is 4.79 Å². The van der Waals surface area contributed by atoms with E-state index in [0.29, 0.717) is 0 Å². The Morgan fingerprint density at radius 2 is 1.65 bits per heavy atom. The van der Waals surface area contributed by atoms with Crippen LogP contribution < -0.4 is 5.32 Å². The molecule has 0 spiro atoms. The van der Waals surface area contributed by atoms with Crippen LogP contribution in [0.25, 0.3) is 11.1 Å². The minimum atomic E-state index is -1.29. The van der Waals surface area contributed by atoms with E-state index in [2.05, 4.69) is 11.9 Å². The molecular weight excluding hydrogens is 398 g/mol. The highest BCUT2D eigenvalue weighted by molar-refractivity contribution is 5.82. The van der Waals surface area contributed by atoms with Crippen molar-refractivity contribution in [3.8, 4) is 11.1 Å². The average molecular weight is 423 g/mol. The molecule has 0 aromatic heterocycles. The molecule has 0 saturated carbocycles. The number of fused-ring (bicyclic) bond motifs is 3. The Balaban J connectivity index is 1.63. The van der Waals surface area contributed by atoms with Crippen LogP contribution in [-0.4, -0.2) is 42.4 Å². The van der Waals surface area contributed by atoms with Crippen LogP contribution in [0.3, 0.4) is 0 Å². The Morgan fingerprint density at radius 3 is 2.19 bits per heavy atom. The monoisotopic (exact) mass is 423 g/mol. The molecule has 0 aliphatic heterocycles. The zero-order valence-corrected chi connectivity index (χ0v) is 17.2. The van der Waals surface area contributed by atoms with Crippen molar-refractivity contribution in [3.05, 3.63) is 72.3 Å². The number of nitrogens with one attached hydrogen (secondary N) is 1. The van der Waals surface area contributed by atoms with E-state index in [1.807, 2.05) is 48.5 Å². The highest BCUT2D eigenvalue weighted by Gasteiger charge is 2.31. The van der Waals surface area contributed by atoms with Gasteiger partial charge in [0, 0.05) is 5.92 Å². The van der Waals surface area contributed by atoms with Crippen LogP contribution >= 0.6 is 0 Å². The summed E-state index contributed by atoms with van der Waals surface area (Å²) in [6.45, 7) is 5.12. The molecule has 1 unspecified atom stereocenters. The largest absolute Gasteiger partial charge is 0.480 e. The van der Waals surface area contributed by atoms with Crippen molar-refractivity contribution in [1.29, 1.82) is 0 Å². The van der Waals surface area contributed by atoms with Gasteiger partial charge in [-0.3, -0.25) is 4.79 Å². The van der Waals surface area contributed by atoms with Gasteiger partial charge in [-0.1, -0.05) is 68.1 Å². The molecule has 2 aromatic carbocycles. The number of benzene rings is 2. The summed E-state index contributed by atoms with van der Waals surface area (Å²) in [6, 6.07) is 14.6. The van der Waals surface area contributed by atoms with Crippen LogP contribution in [0.15, 0.2) is 61.2 Å². The second-order valence-corrected chi connectivity index (χ2v) is 7.44. The molecule has 162 valence electrons. The number of hydrogen-bond donors (Lipinski definition) is 2. The molecule has 0 radical (unpaired) electrons. The average Bonchev–Trinajstić information content (AvgIpc) is 3.08. The summed E-state index contributed by atoms with van der Waals surface area (Å²) in [5.41, 5.74) is 4.32. The van der Waals surface area contributed by atoms with Gasteiger partial charge in [0.25, 0.3) is 0 Å². The van der Waals surface area contributed by atoms with Crippen LogP contribution in [0.2, 0.25) is 0 Å². The van der Waals surface area contributed by atoms with E-state index >= 15 is 0 Å². The van der Waals surface area contributed by atoms with Gasteiger partial charge in [-0.05, 0) is 28.2 Å². The Labute approximate surface area is 180 Å². The first-order chi connectivity index (χ1) is 14.9. The van der Waals surface area contributed by atoms with Crippen LogP contribution in [0, 0.1) is 5.92 Å². The summed E-state index contributed by atoms with van der Waals surface area (Å²) in [4.78, 5) is 35.7. The molecule has 2 N–H and O–H groups in total. The molecule has 31 heavy (non-hydrogen) atoms. The molecule has 0 fully saturated rings. The molecule has 2 aromatic rings. The number of carboxylic acids is 1. The van der Waals surface area contributed by atoms with Crippen molar-refractivity contribution < 1.29 is 29.0 Å². The number of esters is 1. The zero-order chi connectivity index (χ0) is 22.4.